The molecular formula is C56H44N4. The molecule has 0 unspecified atom stereocenters. The molecule has 4 nitrogen and oxygen atoms in total. The molecule has 0 radical (unpaired) electrons. The standard InChI is InChI=1S/C56H44N4/c1-36-6-16-43(17-7-36)59(44-18-8-37(2)9-19-44)47-24-28-49(40(5)30-47)50-29-25-48(60(45-20-10-38(3)11-21-45)46-22-12-39(4)13-23-46)33-55(50)56-53-31-41(34-57)14-26-51(53)52-27-15-42(35-58)32-54(52)56/h6-33,56H,1-5H3. The van der Waals surface area contributed by atoms with Gasteiger partial charge in [0.25, 0.3) is 0 Å². The maximum atomic E-state index is 10.2. The molecule has 0 heterocycles. The Labute approximate surface area is 353 Å². The van der Waals surface area contributed by atoms with Crippen LogP contribution in [0.2, 0.25) is 0 Å². The van der Waals surface area contributed by atoms with Crippen LogP contribution < -0.4 is 9.80 Å². The quantitative estimate of drug-likeness (QED) is 0.154. The van der Waals surface area contributed by atoms with Crippen LogP contribution in [0.3, 0.4) is 0 Å². The van der Waals surface area contributed by atoms with Crippen molar-refractivity contribution in [2.45, 2.75) is 40.5 Å². The molecule has 0 bridgehead atoms. The first-order valence-corrected chi connectivity index (χ1v) is 20.4. The number of hydrogen-bond acceptors (Lipinski definition) is 4. The topological polar surface area (TPSA) is 54.1 Å². The molecule has 8 aromatic rings. The van der Waals surface area contributed by atoms with Crippen LogP contribution in [0.4, 0.5) is 34.1 Å². The number of anilines is 6. The third kappa shape index (κ3) is 7.00. The lowest BCUT2D eigenvalue weighted by atomic mass is 9.82. The van der Waals surface area contributed by atoms with Gasteiger partial charge in [0.2, 0.25) is 0 Å². The Kier molecular flexibility index (Phi) is 9.85. The minimum atomic E-state index is -0.236. The smallest absolute Gasteiger partial charge is 0.0991 e. The molecule has 1 aliphatic carbocycles. The molecule has 4 heteroatoms. The molecular weight excluding hydrogens is 729 g/mol. The first kappa shape index (κ1) is 37.9. The van der Waals surface area contributed by atoms with E-state index in [4.69, 9.17) is 0 Å². The Morgan fingerprint density at radius 2 is 0.633 bits per heavy atom. The second kappa shape index (κ2) is 15.6. The summed E-state index contributed by atoms with van der Waals surface area (Å²) < 4.78 is 0. The van der Waals surface area contributed by atoms with Crippen molar-refractivity contribution in [1.29, 1.82) is 10.5 Å². The van der Waals surface area contributed by atoms with Gasteiger partial charge in [-0.05, 0) is 176 Å². The molecule has 0 aromatic heterocycles. The first-order chi connectivity index (χ1) is 29.2. The van der Waals surface area contributed by atoms with E-state index in [2.05, 4.69) is 202 Å². The minimum Gasteiger partial charge on any atom is -0.310 e. The summed E-state index contributed by atoms with van der Waals surface area (Å²) in [5, 5.41) is 20.3. The highest BCUT2D eigenvalue weighted by Crippen LogP contribution is 2.52. The Hall–Kier alpha value is -7.66. The van der Waals surface area contributed by atoms with Crippen LogP contribution in [-0.2, 0) is 0 Å². The van der Waals surface area contributed by atoms with Crippen molar-refractivity contribution in [2.75, 3.05) is 9.80 Å². The van der Waals surface area contributed by atoms with Gasteiger partial charge in [-0.25, -0.2) is 0 Å². The molecule has 9 rings (SSSR count). The van der Waals surface area contributed by atoms with Gasteiger partial charge >= 0.3 is 0 Å². The van der Waals surface area contributed by atoms with Crippen molar-refractivity contribution in [3.05, 3.63) is 225 Å². The second-order valence-corrected chi connectivity index (χ2v) is 16.0. The number of hydrogen-bond donors (Lipinski definition) is 0. The van der Waals surface area contributed by atoms with E-state index in [9.17, 15) is 10.5 Å². The van der Waals surface area contributed by atoms with Gasteiger partial charge in [0.05, 0.1) is 23.3 Å². The van der Waals surface area contributed by atoms with Crippen molar-refractivity contribution in [2.24, 2.45) is 0 Å². The van der Waals surface area contributed by atoms with Gasteiger partial charge in [-0.3, -0.25) is 0 Å². The lowest BCUT2D eigenvalue weighted by Crippen LogP contribution is -2.12. The summed E-state index contributed by atoms with van der Waals surface area (Å²) >= 11 is 0. The Bertz CT molecular complexity index is 2830. The highest BCUT2D eigenvalue weighted by molar-refractivity contribution is 5.88. The third-order valence-corrected chi connectivity index (χ3v) is 11.8. The van der Waals surface area contributed by atoms with Gasteiger partial charge in [0.1, 0.15) is 0 Å². The molecule has 0 saturated carbocycles. The Balaban J connectivity index is 1.28. The molecule has 60 heavy (non-hydrogen) atoms. The van der Waals surface area contributed by atoms with Crippen molar-refractivity contribution < 1.29 is 0 Å². The monoisotopic (exact) mass is 772 g/mol. The van der Waals surface area contributed by atoms with E-state index >= 15 is 0 Å². The van der Waals surface area contributed by atoms with Crippen LogP contribution in [0.1, 0.15) is 61.6 Å². The number of nitrogens with zero attached hydrogens (tertiary/aromatic N) is 4. The predicted octanol–water partition coefficient (Wildman–Crippen LogP) is 14.7. The number of benzene rings is 8. The Morgan fingerprint density at radius 1 is 0.333 bits per heavy atom. The molecule has 1 aliphatic rings. The fourth-order valence-corrected chi connectivity index (χ4v) is 8.67. The Morgan fingerprint density at radius 3 is 1.00 bits per heavy atom. The molecule has 0 aliphatic heterocycles. The fourth-order valence-electron chi connectivity index (χ4n) is 8.67. The SMILES string of the molecule is Cc1ccc(N(c2ccc(C)cc2)c2ccc(-c3ccc(N(c4ccc(C)cc4)c4ccc(C)cc4)cc3C3c4cc(C#N)ccc4-c4ccc(C#N)cc43)c(C)c2)cc1. The lowest BCUT2D eigenvalue weighted by Gasteiger charge is -2.29. The normalized spacial score (nSPS) is 11.7. The average Bonchev–Trinajstić information content (AvgIpc) is 3.59. The number of rotatable bonds is 8. The summed E-state index contributed by atoms with van der Waals surface area (Å²) in [6.07, 6.45) is 0. The molecule has 0 amide bonds. The van der Waals surface area contributed by atoms with Crippen molar-refractivity contribution in [1.82, 2.24) is 0 Å². The summed E-state index contributed by atoms with van der Waals surface area (Å²) in [4.78, 5) is 4.63. The predicted molar refractivity (Wildman–Crippen MR) is 247 cm³/mol. The number of fused-ring (bicyclic) bond motifs is 3. The average molecular weight is 773 g/mol. The van der Waals surface area contributed by atoms with E-state index in [1.165, 1.54) is 22.3 Å². The van der Waals surface area contributed by atoms with Gasteiger partial charge in [-0.15, -0.1) is 0 Å². The molecule has 288 valence electrons. The highest BCUT2D eigenvalue weighted by atomic mass is 15.1. The minimum absolute atomic E-state index is 0.236. The van der Waals surface area contributed by atoms with Crippen LogP contribution in [0, 0.1) is 57.3 Å². The molecule has 0 fully saturated rings. The van der Waals surface area contributed by atoms with E-state index in [1.807, 2.05) is 24.3 Å². The van der Waals surface area contributed by atoms with E-state index in [-0.39, 0.29) is 5.92 Å². The zero-order chi connectivity index (χ0) is 41.5. The summed E-state index contributed by atoms with van der Waals surface area (Å²) in [5.41, 5.74) is 21.2. The maximum Gasteiger partial charge on any atom is 0.0991 e. The third-order valence-electron chi connectivity index (χ3n) is 11.8. The summed E-state index contributed by atoms with van der Waals surface area (Å²) in [6, 6.07) is 65.1. The van der Waals surface area contributed by atoms with Gasteiger partial charge in [0, 0.05) is 40.0 Å². The number of aryl methyl sites for hydroxylation is 5. The molecule has 0 spiro atoms. The zero-order valence-corrected chi connectivity index (χ0v) is 34.5. The van der Waals surface area contributed by atoms with Gasteiger partial charge in [-0.2, -0.15) is 10.5 Å². The van der Waals surface area contributed by atoms with Crippen LogP contribution in [0.5, 0.6) is 0 Å². The molecule has 8 aromatic carbocycles. The van der Waals surface area contributed by atoms with Crippen LogP contribution in [0.15, 0.2) is 170 Å². The lowest BCUT2D eigenvalue weighted by molar-refractivity contribution is 1.01. The maximum absolute atomic E-state index is 10.2. The van der Waals surface area contributed by atoms with Crippen LogP contribution >= 0.6 is 0 Å². The van der Waals surface area contributed by atoms with Gasteiger partial charge < -0.3 is 9.80 Å². The van der Waals surface area contributed by atoms with Gasteiger partial charge in [-0.1, -0.05) is 95.1 Å². The number of nitriles is 2. The van der Waals surface area contributed by atoms with Crippen molar-refractivity contribution >= 4 is 34.1 Å². The van der Waals surface area contributed by atoms with Crippen molar-refractivity contribution in [3.8, 4) is 34.4 Å². The van der Waals surface area contributed by atoms with Crippen LogP contribution in [-0.4, -0.2) is 0 Å². The van der Waals surface area contributed by atoms with Crippen molar-refractivity contribution in [3.63, 3.8) is 0 Å². The highest BCUT2D eigenvalue weighted by Gasteiger charge is 2.33. The zero-order valence-electron chi connectivity index (χ0n) is 34.5. The van der Waals surface area contributed by atoms with E-state index in [1.54, 1.807) is 0 Å². The van der Waals surface area contributed by atoms with Gasteiger partial charge in [0.15, 0.2) is 0 Å². The van der Waals surface area contributed by atoms with Crippen LogP contribution in [0.25, 0.3) is 22.3 Å². The van der Waals surface area contributed by atoms with E-state index in [0.717, 1.165) is 78.6 Å². The first-order valence-electron chi connectivity index (χ1n) is 20.4. The largest absolute Gasteiger partial charge is 0.310 e. The van der Waals surface area contributed by atoms with E-state index < -0.39 is 0 Å². The summed E-state index contributed by atoms with van der Waals surface area (Å²) in [6.45, 7) is 10.7. The fraction of sp³-hybridized carbons (Fsp3) is 0.107. The second-order valence-electron chi connectivity index (χ2n) is 16.0. The summed E-state index contributed by atoms with van der Waals surface area (Å²) in [5.74, 6) is -0.236. The molecule has 0 N–H and O–H groups in total. The summed E-state index contributed by atoms with van der Waals surface area (Å²) in [7, 11) is 0. The molecule has 0 saturated heterocycles. The molecule has 0 atom stereocenters. The van der Waals surface area contributed by atoms with E-state index in [0.29, 0.717) is 11.1 Å².